The zero-order chi connectivity index (χ0) is 15.9. The first-order valence-electron chi connectivity index (χ1n) is 7.21. The highest BCUT2D eigenvalue weighted by atomic mass is 35.5. The van der Waals surface area contributed by atoms with Crippen LogP contribution >= 0.6 is 11.6 Å². The van der Waals surface area contributed by atoms with E-state index in [1.54, 1.807) is 36.3 Å². The number of benzene rings is 1. The molecule has 0 radical (unpaired) electrons. The van der Waals surface area contributed by atoms with Crippen molar-refractivity contribution in [3.8, 4) is 0 Å². The Bertz CT molecular complexity index is 648. The molecular formula is C16H19ClN4O. The van der Waals surface area contributed by atoms with Gasteiger partial charge in [0.05, 0.1) is 0 Å². The summed E-state index contributed by atoms with van der Waals surface area (Å²) in [5.41, 5.74) is 1.15. The monoisotopic (exact) mass is 318 g/mol. The highest BCUT2D eigenvalue weighted by Gasteiger charge is 2.13. The molecule has 0 spiro atoms. The Balaban J connectivity index is 2.11. The van der Waals surface area contributed by atoms with Crippen LogP contribution in [-0.2, 0) is 0 Å². The third-order valence-electron chi connectivity index (χ3n) is 3.15. The Morgan fingerprint density at radius 2 is 2.18 bits per heavy atom. The lowest BCUT2D eigenvalue weighted by molar-refractivity contribution is 0.0787. The van der Waals surface area contributed by atoms with Crippen molar-refractivity contribution >= 4 is 29.1 Å². The standard InChI is InChI=1S/C16H19ClN4O/c1-3-4-10-21(2)15(22)14-8-9-18-16(20-14)19-13-7-5-6-12(17)11-13/h5-9,11H,3-4,10H2,1-2H3,(H,18,19,20). The van der Waals surface area contributed by atoms with Gasteiger partial charge in [-0.25, -0.2) is 9.97 Å². The van der Waals surface area contributed by atoms with Gasteiger partial charge in [-0.1, -0.05) is 31.0 Å². The molecule has 0 saturated carbocycles. The van der Waals surface area contributed by atoms with E-state index in [0.717, 1.165) is 25.1 Å². The second-order valence-corrected chi connectivity index (χ2v) is 5.42. The number of rotatable bonds is 6. The van der Waals surface area contributed by atoms with Gasteiger partial charge in [0.15, 0.2) is 0 Å². The first-order chi connectivity index (χ1) is 10.6. The molecule has 116 valence electrons. The average Bonchev–Trinajstić information content (AvgIpc) is 2.52. The average molecular weight is 319 g/mol. The van der Waals surface area contributed by atoms with Crippen molar-refractivity contribution in [2.45, 2.75) is 19.8 Å². The van der Waals surface area contributed by atoms with Crippen molar-refractivity contribution in [2.75, 3.05) is 18.9 Å². The van der Waals surface area contributed by atoms with Gasteiger partial charge in [0.25, 0.3) is 5.91 Å². The summed E-state index contributed by atoms with van der Waals surface area (Å²) < 4.78 is 0. The van der Waals surface area contributed by atoms with E-state index in [9.17, 15) is 4.79 Å². The summed E-state index contributed by atoms with van der Waals surface area (Å²) in [6.07, 6.45) is 3.59. The molecule has 1 aromatic carbocycles. The SMILES string of the molecule is CCCCN(C)C(=O)c1ccnc(Nc2cccc(Cl)c2)n1. The van der Waals surface area contributed by atoms with Crippen LogP contribution in [0.1, 0.15) is 30.3 Å². The number of hydrogen-bond acceptors (Lipinski definition) is 4. The molecule has 22 heavy (non-hydrogen) atoms. The lowest BCUT2D eigenvalue weighted by Gasteiger charge is -2.16. The fraction of sp³-hybridized carbons (Fsp3) is 0.312. The number of carbonyl (C=O) groups excluding carboxylic acids is 1. The number of carbonyl (C=O) groups is 1. The second-order valence-electron chi connectivity index (χ2n) is 4.98. The van der Waals surface area contributed by atoms with E-state index in [2.05, 4.69) is 22.2 Å². The fourth-order valence-corrected chi connectivity index (χ4v) is 2.12. The maximum absolute atomic E-state index is 12.3. The molecular weight excluding hydrogens is 300 g/mol. The molecule has 0 aliphatic carbocycles. The number of aromatic nitrogens is 2. The van der Waals surface area contributed by atoms with Crippen LogP contribution in [-0.4, -0.2) is 34.4 Å². The first-order valence-corrected chi connectivity index (χ1v) is 7.59. The van der Waals surface area contributed by atoms with Gasteiger partial charge in [-0.2, -0.15) is 0 Å². The molecule has 0 unspecified atom stereocenters. The molecule has 1 heterocycles. The second kappa shape index (κ2) is 7.75. The summed E-state index contributed by atoms with van der Waals surface area (Å²) in [5, 5.41) is 3.67. The van der Waals surface area contributed by atoms with Gasteiger partial charge in [-0.05, 0) is 30.7 Å². The summed E-state index contributed by atoms with van der Waals surface area (Å²) in [5.74, 6) is 0.266. The minimum absolute atomic E-state index is 0.106. The van der Waals surface area contributed by atoms with Crippen molar-refractivity contribution in [3.63, 3.8) is 0 Å². The Labute approximate surface area is 135 Å². The third-order valence-corrected chi connectivity index (χ3v) is 3.38. The van der Waals surface area contributed by atoms with Crippen LogP contribution in [0.5, 0.6) is 0 Å². The van der Waals surface area contributed by atoms with E-state index >= 15 is 0 Å². The minimum atomic E-state index is -0.106. The number of nitrogens with one attached hydrogen (secondary N) is 1. The molecule has 2 aromatic rings. The van der Waals surface area contributed by atoms with Gasteiger partial charge in [0, 0.05) is 30.5 Å². The van der Waals surface area contributed by atoms with Gasteiger partial charge in [-0.3, -0.25) is 4.79 Å². The number of halogens is 1. The molecule has 1 amide bonds. The molecule has 2 rings (SSSR count). The van der Waals surface area contributed by atoms with E-state index in [-0.39, 0.29) is 5.91 Å². The van der Waals surface area contributed by atoms with E-state index in [1.165, 1.54) is 0 Å². The van der Waals surface area contributed by atoms with Crippen LogP contribution in [0.15, 0.2) is 36.5 Å². The number of nitrogens with zero attached hydrogens (tertiary/aromatic N) is 3. The number of unbranched alkanes of at least 4 members (excludes halogenated alkanes) is 1. The molecule has 0 fully saturated rings. The summed E-state index contributed by atoms with van der Waals surface area (Å²) in [4.78, 5) is 22.4. The van der Waals surface area contributed by atoms with Crippen LogP contribution in [0.4, 0.5) is 11.6 Å². The van der Waals surface area contributed by atoms with Gasteiger partial charge in [0.1, 0.15) is 5.69 Å². The predicted octanol–water partition coefficient (Wildman–Crippen LogP) is 3.75. The van der Waals surface area contributed by atoms with Gasteiger partial charge in [0.2, 0.25) is 5.95 Å². The lowest BCUT2D eigenvalue weighted by Crippen LogP contribution is -2.28. The zero-order valence-corrected chi connectivity index (χ0v) is 13.5. The summed E-state index contributed by atoms with van der Waals surface area (Å²) in [7, 11) is 1.78. The minimum Gasteiger partial charge on any atom is -0.340 e. The van der Waals surface area contributed by atoms with Crippen LogP contribution < -0.4 is 5.32 Å². The quantitative estimate of drug-likeness (QED) is 0.881. The van der Waals surface area contributed by atoms with Gasteiger partial charge < -0.3 is 10.2 Å². The molecule has 0 saturated heterocycles. The third kappa shape index (κ3) is 4.43. The molecule has 5 nitrogen and oxygen atoms in total. The van der Waals surface area contributed by atoms with Crippen molar-refractivity contribution in [1.29, 1.82) is 0 Å². The summed E-state index contributed by atoms with van der Waals surface area (Å²) in [6, 6.07) is 8.87. The summed E-state index contributed by atoms with van der Waals surface area (Å²) >= 11 is 5.94. The van der Waals surface area contributed by atoms with E-state index in [4.69, 9.17) is 11.6 Å². The molecule has 0 atom stereocenters. The van der Waals surface area contributed by atoms with Gasteiger partial charge >= 0.3 is 0 Å². The number of hydrogen-bond donors (Lipinski definition) is 1. The van der Waals surface area contributed by atoms with E-state index in [1.807, 2.05) is 12.1 Å². The van der Waals surface area contributed by atoms with Crippen molar-refractivity contribution < 1.29 is 4.79 Å². The Morgan fingerprint density at radius 1 is 1.36 bits per heavy atom. The molecule has 0 aliphatic heterocycles. The maximum atomic E-state index is 12.3. The number of amides is 1. The Morgan fingerprint density at radius 3 is 2.91 bits per heavy atom. The smallest absolute Gasteiger partial charge is 0.272 e. The molecule has 1 aromatic heterocycles. The largest absolute Gasteiger partial charge is 0.340 e. The maximum Gasteiger partial charge on any atom is 0.272 e. The lowest BCUT2D eigenvalue weighted by atomic mass is 10.3. The Kier molecular flexibility index (Phi) is 5.72. The van der Waals surface area contributed by atoms with E-state index < -0.39 is 0 Å². The normalized spacial score (nSPS) is 10.3. The van der Waals surface area contributed by atoms with E-state index in [0.29, 0.717) is 16.7 Å². The van der Waals surface area contributed by atoms with Crippen molar-refractivity contribution in [3.05, 3.63) is 47.2 Å². The van der Waals surface area contributed by atoms with Gasteiger partial charge in [-0.15, -0.1) is 0 Å². The Hall–Kier alpha value is -2.14. The fourth-order valence-electron chi connectivity index (χ4n) is 1.93. The first kappa shape index (κ1) is 16.2. The molecule has 0 bridgehead atoms. The summed E-state index contributed by atoms with van der Waals surface area (Å²) in [6.45, 7) is 2.81. The van der Waals surface area contributed by atoms with Crippen molar-refractivity contribution in [2.24, 2.45) is 0 Å². The van der Waals surface area contributed by atoms with Crippen LogP contribution in [0.25, 0.3) is 0 Å². The molecule has 6 heteroatoms. The number of anilines is 2. The molecule has 1 N–H and O–H groups in total. The zero-order valence-electron chi connectivity index (χ0n) is 12.7. The highest BCUT2D eigenvalue weighted by molar-refractivity contribution is 6.30. The van der Waals surface area contributed by atoms with Crippen LogP contribution in [0.2, 0.25) is 5.02 Å². The highest BCUT2D eigenvalue weighted by Crippen LogP contribution is 2.18. The molecule has 0 aliphatic rings. The predicted molar refractivity (Wildman–Crippen MR) is 88.6 cm³/mol. The van der Waals surface area contributed by atoms with Crippen molar-refractivity contribution in [1.82, 2.24) is 14.9 Å². The van der Waals surface area contributed by atoms with Crippen LogP contribution in [0.3, 0.4) is 0 Å². The van der Waals surface area contributed by atoms with Crippen LogP contribution in [0, 0.1) is 0 Å². The topological polar surface area (TPSA) is 58.1 Å².